The maximum Gasteiger partial charge on any atom is 0.573 e. The molecule has 0 atom stereocenters. The number of nitrogens with zero attached hydrogens (tertiary/aromatic N) is 1. The third-order valence-corrected chi connectivity index (χ3v) is 3.80. The number of rotatable bonds is 3. The van der Waals surface area contributed by atoms with Crippen LogP contribution in [0.2, 0.25) is 0 Å². The Morgan fingerprint density at radius 1 is 1.22 bits per heavy atom. The summed E-state index contributed by atoms with van der Waals surface area (Å²) in [6, 6.07) is 5.65. The van der Waals surface area contributed by atoms with Crippen LogP contribution in [0.5, 0.6) is 5.75 Å². The molecule has 0 bridgehead atoms. The van der Waals surface area contributed by atoms with Crippen molar-refractivity contribution in [1.82, 2.24) is 4.98 Å². The van der Waals surface area contributed by atoms with Gasteiger partial charge < -0.3 is 4.74 Å². The average Bonchev–Trinajstić information content (AvgIpc) is 2.76. The van der Waals surface area contributed by atoms with Crippen molar-refractivity contribution < 1.29 is 17.9 Å². The molecule has 2 nitrogen and oxygen atoms in total. The molecule has 0 unspecified atom stereocenters. The molecule has 2 aromatic rings. The van der Waals surface area contributed by atoms with Gasteiger partial charge in [0, 0.05) is 10.9 Å². The molecule has 0 aliphatic heterocycles. The van der Waals surface area contributed by atoms with Gasteiger partial charge in [0.1, 0.15) is 10.8 Å². The number of aromatic nitrogens is 1. The predicted molar refractivity (Wildman–Crippen MR) is 66.9 cm³/mol. The van der Waals surface area contributed by atoms with Crippen LogP contribution in [0.25, 0.3) is 11.3 Å². The minimum Gasteiger partial charge on any atom is -0.406 e. The molecule has 1 aromatic carbocycles. The zero-order chi connectivity index (χ0) is 13.2. The van der Waals surface area contributed by atoms with Crippen molar-refractivity contribution in [3.8, 4) is 17.0 Å². The van der Waals surface area contributed by atoms with Crippen molar-refractivity contribution in [2.24, 2.45) is 0 Å². The van der Waals surface area contributed by atoms with Gasteiger partial charge in [-0.3, -0.25) is 0 Å². The van der Waals surface area contributed by atoms with Gasteiger partial charge in [0.25, 0.3) is 0 Å². The zero-order valence-corrected chi connectivity index (χ0v) is 11.3. The van der Waals surface area contributed by atoms with E-state index in [0.29, 0.717) is 5.33 Å². The van der Waals surface area contributed by atoms with Gasteiger partial charge in [0.05, 0.1) is 11.0 Å². The third kappa shape index (κ3) is 3.46. The lowest BCUT2D eigenvalue weighted by atomic mass is 10.2. The standard InChI is InChI=1S/C11H7BrF3NOS/c12-5-10-16-9(6-18-10)7-1-3-8(4-2-7)17-11(13,14)15/h1-4,6H,5H2. The maximum absolute atomic E-state index is 12.0. The molecule has 0 N–H and O–H groups in total. The first kappa shape index (κ1) is 13.4. The average molecular weight is 338 g/mol. The second-order valence-corrected chi connectivity index (χ2v) is 4.84. The molecule has 2 rings (SSSR count). The molecular formula is C11H7BrF3NOS. The Bertz CT molecular complexity index is 524. The van der Waals surface area contributed by atoms with Gasteiger partial charge in [-0.25, -0.2) is 4.98 Å². The van der Waals surface area contributed by atoms with E-state index in [1.54, 1.807) is 12.1 Å². The van der Waals surface area contributed by atoms with E-state index >= 15 is 0 Å². The Morgan fingerprint density at radius 2 is 1.89 bits per heavy atom. The molecule has 0 aliphatic rings. The molecule has 0 fully saturated rings. The molecule has 0 spiro atoms. The first-order valence-electron chi connectivity index (χ1n) is 4.84. The molecule has 1 heterocycles. The van der Waals surface area contributed by atoms with E-state index in [2.05, 4.69) is 25.7 Å². The lowest BCUT2D eigenvalue weighted by Gasteiger charge is -2.08. The highest BCUT2D eigenvalue weighted by atomic mass is 79.9. The monoisotopic (exact) mass is 337 g/mol. The fraction of sp³-hybridized carbons (Fsp3) is 0.182. The fourth-order valence-corrected chi connectivity index (χ4v) is 2.50. The van der Waals surface area contributed by atoms with Crippen molar-refractivity contribution in [2.75, 3.05) is 0 Å². The van der Waals surface area contributed by atoms with Crippen LogP contribution in [-0.4, -0.2) is 11.3 Å². The van der Waals surface area contributed by atoms with E-state index in [1.807, 2.05) is 5.38 Å². The summed E-state index contributed by atoms with van der Waals surface area (Å²) in [7, 11) is 0. The van der Waals surface area contributed by atoms with Gasteiger partial charge >= 0.3 is 6.36 Å². The van der Waals surface area contributed by atoms with Gasteiger partial charge in [-0.2, -0.15) is 0 Å². The predicted octanol–water partition coefficient (Wildman–Crippen LogP) is 4.60. The van der Waals surface area contributed by atoms with Crippen molar-refractivity contribution in [2.45, 2.75) is 11.7 Å². The van der Waals surface area contributed by atoms with Crippen LogP contribution in [-0.2, 0) is 5.33 Å². The molecule has 96 valence electrons. The molecule has 0 saturated heterocycles. The summed E-state index contributed by atoms with van der Waals surface area (Å²) in [6.45, 7) is 0. The van der Waals surface area contributed by atoms with Gasteiger partial charge in [-0.15, -0.1) is 24.5 Å². The summed E-state index contributed by atoms with van der Waals surface area (Å²) in [6.07, 6.45) is -4.66. The molecule has 0 saturated carbocycles. The van der Waals surface area contributed by atoms with Crippen LogP contribution in [0.1, 0.15) is 5.01 Å². The quantitative estimate of drug-likeness (QED) is 0.763. The highest BCUT2D eigenvalue weighted by Crippen LogP contribution is 2.27. The molecule has 18 heavy (non-hydrogen) atoms. The Hall–Kier alpha value is -1.08. The number of thiazole rings is 1. The van der Waals surface area contributed by atoms with Gasteiger partial charge in [-0.05, 0) is 24.3 Å². The van der Waals surface area contributed by atoms with Crippen LogP contribution in [0.15, 0.2) is 29.6 Å². The second kappa shape index (κ2) is 5.27. The van der Waals surface area contributed by atoms with Gasteiger partial charge in [0.15, 0.2) is 0 Å². The first-order valence-corrected chi connectivity index (χ1v) is 6.84. The molecule has 0 amide bonds. The van der Waals surface area contributed by atoms with Crippen LogP contribution in [0.4, 0.5) is 13.2 Å². The summed E-state index contributed by atoms with van der Waals surface area (Å²) < 4.78 is 39.7. The largest absolute Gasteiger partial charge is 0.573 e. The first-order chi connectivity index (χ1) is 8.48. The Morgan fingerprint density at radius 3 is 2.39 bits per heavy atom. The van der Waals surface area contributed by atoms with Gasteiger partial charge in [-0.1, -0.05) is 15.9 Å². The summed E-state index contributed by atoms with van der Waals surface area (Å²) in [5.41, 5.74) is 1.50. The van der Waals surface area contributed by atoms with Crippen molar-refractivity contribution in [1.29, 1.82) is 0 Å². The zero-order valence-electron chi connectivity index (χ0n) is 8.87. The third-order valence-electron chi connectivity index (χ3n) is 2.05. The molecule has 0 radical (unpaired) electrons. The number of benzene rings is 1. The second-order valence-electron chi connectivity index (χ2n) is 3.33. The van der Waals surface area contributed by atoms with Gasteiger partial charge in [0.2, 0.25) is 0 Å². The number of halogens is 4. The SMILES string of the molecule is FC(F)(F)Oc1ccc(-c2csc(CBr)n2)cc1. The minimum absolute atomic E-state index is 0.234. The summed E-state index contributed by atoms with van der Waals surface area (Å²) in [5, 5.41) is 3.43. The van der Waals surface area contributed by atoms with E-state index in [1.165, 1.54) is 23.5 Å². The minimum atomic E-state index is -4.66. The van der Waals surface area contributed by atoms with E-state index in [0.717, 1.165) is 16.3 Å². The molecular weight excluding hydrogens is 331 g/mol. The van der Waals surface area contributed by atoms with Crippen LogP contribution < -0.4 is 4.74 Å². The highest BCUT2D eigenvalue weighted by molar-refractivity contribution is 9.08. The van der Waals surface area contributed by atoms with Crippen molar-refractivity contribution in [3.05, 3.63) is 34.7 Å². The molecule has 7 heteroatoms. The summed E-state index contributed by atoms with van der Waals surface area (Å²) >= 11 is 4.78. The van der Waals surface area contributed by atoms with E-state index in [9.17, 15) is 13.2 Å². The van der Waals surface area contributed by atoms with E-state index in [4.69, 9.17) is 0 Å². The molecule has 1 aromatic heterocycles. The Kier molecular flexibility index (Phi) is 3.91. The summed E-state index contributed by atoms with van der Waals surface area (Å²) in [4.78, 5) is 4.31. The van der Waals surface area contributed by atoms with E-state index in [-0.39, 0.29) is 5.75 Å². The molecule has 0 aliphatic carbocycles. The summed E-state index contributed by atoms with van der Waals surface area (Å²) in [5.74, 6) is -0.234. The number of ether oxygens (including phenoxy) is 1. The fourth-order valence-electron chi connectivity index (χ4n) is 1.33. The lowest BCUT2D eigenvalue weighted by Crippen LogP contribution is -2.16. The maximum atomic E-state index is 12.0. The smallest absolute Gasteiger partial charge is 0.406 e. The highest BCUT2D eigenvalue weighted by Gasteiger charge is 2.30. The number of hydrogen-bond acceptors (Lipinski definition) is 3. The number of alkyl halides is 4. The van der Waals surface area contributed by atoms with Crippen molar-refractivity contribution >= 4 is 27.3 Å². The number of hydrogen-bond donors (Lipinski definition) is 0. The van der Waals surface area contributed by atoms with Crippen molar-refractivity contribution in [3.63, 3.8) is 0 Å². The Balaban J connectivity index is 2.17. The van der Waals surface area contributed by atoms with Crippen LogP contribution >= 0.6 is 27.3 Å². The lowest BCUT2D eigenvalue weighted by molar-refractivity contribution is -0.274. The van der Waals surface area contributed by atoms with Crippen LogP contribution in [0, 0.1) is 0 Å². The van der Waals surface area contributed by atoms with Crippen LogP contribution in [0.3, 0.4) is 0 Å². The normalized spacial score (nSPS) is 11.6. The Labute approximate surface area is 114 Å². The topological polar surface area (TPSA) is 22.1 Å². The van der Waals surface area contributed by atoms with E-state index < -0.39 is 6.36 Å².